The van der Waals surface area contributed by atoms with Crippen LogP contribution >= 0.6 is 22.9 Å². The lowest BCUT2D eigenvalue weighted by Crippen LogP contribution is -2.36. The van der Waals surface area contributed by atoms with E-state index in [0.29, 0.717) is 11.6 Å². The lowest BCUT2D eigenvalue weighted by Gasteiger charge is -2.19. The van der Waals surface area contributed by atoms with Crippen LogP contribution in [0, 0.1) is 0 Å². The SMILES string of the molecule is CCCN(CC(=O)NC)c1nn2cc(-c3ccc(Cl)cc3)nc2s1. The van der Waals surface area contributed by atoms with Gasteiger partial charge >= 0.3 is 0 Å². The van der Waals surface area contributed by atoms with Crippen LogP contribution in [-0.4, -0.2) is 40.6 Å². The van der Waals surface area contributed by atoms with Gasteiger partial charge in [0.1, 0.15) is 0 Å². The van der Waals surface area contributed by atoms with Gasteiger partial charge in [-0.25, -0.2) is 9.50 Å². The van der Waals surface area contributed by atoms with E-state index >= 15 is 0 Å². The van der Waals surface area contributed by atoms with Gasteiger partial charge in [-0.3, -0.25) is 4.79 Å². The predicted molar refractivity (Wildman–Crippen MR) is 97.9 cm³/mol. The molecule has 24 heavy (non-hydrogen) atoms. The highest BCUT2D eigenvalue weighted by atomic mass is 35.5. The van der Waals surface area contributed by atoms with E-state index in [1.54, 1.807) is 11.6 Å². The van der Waals surface area contributed by atoms with Gasteiger partial charge in [-0.1, -0.05) is 42.0 Å². The fourth-order valence-electron chi connectivity index (χ4n) is 2.34. The molecule has 3 rings (SSSR count). The molecule has 0 atom stereocenters. The number of anilines is 1. The number of carbonyl (C=O) groups excluding carboxylic acids is 1. The Bertz CT molecular complexity index is 810. The summed E-state index contributed by atoms with van der Waals surface area (Å²) in [6.07, 6.45) is 2.83. The van der Waals surface area contributed by atoms with Crippen molar-refractivity contribution in [2.24, 2.45) is 0 Å². The van der Waals surface area contributed by atoms with E-state index in [4.69, 9.17) is 11.6 Å². The Kier molecular flexibility index (Phi) is 5.01. The number of aromatic nitrogens is 3. The van der Waals surface area contributed by atoms with Gasteiger partial charge in [-0.05, 0) is 18.6 Å². The van der Waals surface area contributed by atoms with E-state index in [-0.39, 0.29) is 5.91 Å². The van der Waals surface area contributed by atoms with Crippen molar-refractivity contribution >= 4 is 38.9 Å². The van der Waals surface area contributed by atoms with Gasteiger partial charge in [0.25, 0.3) is 0 Å². The number of likely N-dealkylation sites (N-methyl/N-ethyl adjacent to an activating group) is 1. The minimum Gasteiger partial charge on any atom is -0.358 e. The Balaban J connectivity index is 1.87. The summed E-state index contributed by atoms with van der Waals surface area (Å²) in [6.45, 7) is 3.15. The molecule has 0 aliphatic carbocycles. The summed E-state index contributed by atoms with van der Waals surface area (Å²) in [5.74, 6) is -0.0295. The van der Waals surface area contributed by atoms with Crippen molar-refractivity contribution in [2.45, 2.75) is 13.3 Å². The number of nitrogens with one attached hydrogen (secondary N) is 1. The molecule has 3 aromatic rings. The number of benzene rings is 1. The maximum Gasteiger partial charge on any atom is 0.239 e. The maximum atomic E-state index is 11.7. The van der Waals surface area contributed by atoms with Gasteiger partial charge in [0, 0.05) is 24.2 Å². The predicted octanol–water partition coefficient (Wildman–Crippen LogP) is 3.07. The van der Waals surface area contributed by atoms with E-state index in [1.807, 2.05) is 35.4 Å². The van der Waals surface area contributed by atoms with Crippen molar-refractivity contribution in [2.75, 3.05) is 25.0 Å². The summed E-state index contributed by atoms with van der Waals surface area (Å²) in [4.78, 5) is 19.1. The minimum absolute atomic E-state index is 0.0295. The Morgan fingerprint density at radius 3 is 2.75 bits per heavy atom. The molecule has 0 saturated carbocycles. The van der Waals surface area contributed by atoms with Crippen LogP contribution in [0.5, 0.6) is 0 Å². The summed E-state index contributed by atoms with van der Waals surface area (Å²) < 4.78 is 1.76. The van der Waals surface area contributed by atoms with Crippen molar-refractivity contribution in [3.05, 3.63) is 35.5 Å². The van der Waals surface area contributed by atoms with Gasteiger partial charge < -0.3 is 10.2 Å². The molecule has 0 unspecified atom stereocenters. The molecule has 0 bridgehead atoms. The van der Waals surface area contributed by atoms with Crippen molar-refractivity contribution in [1.82, 2.24) is 19.9 Å². The number of fused-ring (bicyclic) bond motifs is 1. The van der Waals surface area contributed by atoms with Crippen molar-refractivity contribution in [1.29, 1.82) is 0 Å². The van der Waals surface area contributed by atoms with Crippen LogP contribution in [0.1, 0.15) is 13.3 Å². The Morgan fingerprint density at radius 2 is 2.12 bits per heavy atom. The molecule has 126 valence electrons. The van der Waals surface area contributed by atoms with Gasteiger partial charge in [-0.15, -0.1) is 5.10 Å². The van der Waals surface area contributed by atoms with Crippen molar-refractivity contribution in [3.63, 3.8) is 0 Å². The zero-order valence-corrected chi connectivity index (χ0v) is 15.1. The molecule has 0 spiro atoms. The average Bonchev–Trinajstić information content (AvgIpc) is 3.14. The first-order chi connectivity index (χ1) is 11.6. The smallest absolute Gasteiger partial charge is 0.239 e. The van der Waals surface area contributed by atoms with E-state index in [0.717, 1.165) is 34.3 Å². The summed E-state index contributed by atoms with van der Waals surface area (Å²) in [7, 11) is 1.64. The van der Waals surface area contributed by atoms with Gasteiger partial charge in [0.2, 0.25) is 16.0 Å². The van der Waals surface area contributed by atoms with Gasteiger partial charge in [0.15, 0.2) is 0 Å². The molecule has 1 N–H and O–H groups in total. The normalized spacial score (nSPS) is 11.0. The number of carbonyl (C=O) groups is 1. The van der Waals surface area contributed by atoms with Gasteiger partial charge in [0.05, 0.1) is 18.4 Å². The van der Waals surface area contributed by atoms with Crippen LogP contribution in [0.3, 0.4) is 0 Å². The molecule has 8 heteroatoms. The topological polar surface area (TPSA) is 62.5 Å². The maximum absolute atomic E-state index is 11.7. The average molecular weight is 364 g/mol. The molecule has 0 saturated heterocycles. The molecule has 0 aliphatic rings. The monoisotopic (exact) mass is 363 g/mol. The summed E-state index contributed by atoms with van der Waals surface area (Å²) >= 11 is 7.40. The summed E-state index contributed by atoms with van der Waals surface area (Å²) in [6, 6.07) is 7.56. The first kappa shape index (κ1) is 16.7. The fraction of sp³-hybridized carbons (Fsp3) is 0.312. The number of nitrogens with zero attached hydrogens (tertiary/aromatic N) is 4. The molecular formula is C16H18ClN5OS. The van der Waals surface area contributed by atoms with Crippen molar-refractivity contribution < 1.29 is 4.79 Å². The lowest BCUT2D eigenvalue weighted by atomic mass is 10.2. The molecule has 0 radical (unpaired) electrons. The molecule has 1 amide bonds. The number of halogens is 1. The van der Waals surface area contributed by atoms with E-state index in [2.05, 4.69) is 22.3 Å². The third-order valence-electron chi connectivity index (χ3n) is 3.55. The standard InChI is InChI=1S/C16H18ClN5OS/c1-3-8-21(10-14(23)18-2)16-20-22-9-13(19-15(22)24-16)11-4-6-12(17)7-5-11/h4-7,9H,3,8,10H2,1-2H3,(H,18,23). The quantitative estimate of drug-likeness (QED) is 0.731. The van der Waals surface area contributed by atoms with Crippen LogP contribution in [0.4, 0.5) is 5.13 Å². The Morgan fingerprint density at radius 1 is 1.38 bits per heavy atom. The zero-order valence-electron chi connectivity index (χ0n) is 13.5. The van der Waals surface area contributed by atoms with E-state index < -0.39 is 0 Å². The second-order valence-electron chi connectivity index (χ2n) is 5.34. The van der Waals surface area contributed by atoms with Crippen LogP contribution in [-0.2, 0) is 4.79 Å². The highest BCUT2D eigenvalue weighted by Crippen LogP contribution is 2.27. The zero-order chi connectivity index (χ0) is 17.1. The third-order valence-corrected chi connectivity index (χ3v) is 4.79. The van der Waals surface area contributed by atoms with Crippen LogP contribution in [0.2, 0.25) is 5.02 Å². The number of imidazole rings is 1. The highest BCUT2D eigenvalue weighted by molar-refractivity contribution is 7.20. The molecule has 1 aromatic carbocycles. The fourth-order valence-corrected chi connectivity index (χ4v) is 3.38. The number of rotatable bonds is 6. The number of amides is 1. The first-order valence-corrected chi connectivity index (χ1v) is 8.88. The Labute approximate surface area is 149 Å². The molecule has 2 aromatic heterocycles. The van der Waals surface area contributed by atoms with Crippen LogP contribution in [0.15, 0.2) is 30.5 Å². The second kappa shape index (κ2) is 7.19. The minimum atomic E-state index is -0.0295. The summed E-state index contributed by atoms with van der Waals surface area (Å²) in [5.41, 5.74) is 1.85. The Hall–Kier alpha value is -2.12. The first-order valence-electron chi connectivity index (χ1n) is 7.68. The largest absolute Gasteiger partial charge is 0.358 e. The van der Waals surface area contributed by atoms with Crippen LogP contribution < -0.4 is 10.2 Å². The highest BCUT2D eigenvalue weighted by Gasteiger charge is 2.16. The van der Waals surface area contributed by atoms with Crippen molar-refractivity contribution in [3.8, 4) is 11.3 Å². The van der Waals surface area contributed by atoms with Crippen LogP contribution in [0.25, 0.3) is 16.2 Å². The van der Waals surface area contributed by atoms with Gasteiger partial charge in [-0.2, -0.15) is 0 Å². The summed E-state index contributed by atoms with van der Waals surface area (Å²) in [5, 5.41) is 8.72. The molecule has 6 nitrogen and oxygen atoms in total. The van der Waals surface area contributed by atoms with E-state index in [9.17, 15) is 4.79 Å². The molecule has 0 aliphatic heterocycles. The van der Waals surface area contributed by atoms with E-state index in [1.165, 1.54) is 11.3 Å². The lowest BCUT2D eigenvalue weighted by molar-refractivity contribution is -0.119. The number of hydrogen-bond donors (Lipinski definition) is 1. The number of hydrogen-bond acceptors (Lipinski definition) is 5. The second-order valence-corrected chi connectivity index (χ2v) is 6.71. The molecule has 0 fully saturated rings. The molecular weight excluding hydrogens is 346 g/mol. The molecule has 2 heterocycles. The third kappa shape index (κ3) is 3.52.